The van der Waals surface area contributed by atoms with Crippen molar-refractivity contribution in [3.63, 3.8) is 0 Å². The van der Waals surface area contributed by atoms with Crippen LogP contribution in [0.3, 0.4) is 0 Å². The van der Waals surface area contributed by atoms with Crippen molar-refractivity contribution in [1.82, 2.24) is 10.3 Å². The van der Waals surface area contributed by atoms with Gasteiger partial charge in [-0.3, -0.25) is 9.59 Å². The summed E-state index contributed by atoms with van der Waals surface area (Å²) in [5, 5.41) is 8.66. The molecule has 162 valence electrons. The molecule has 2 aromatic carbocycles. The number of hydrogen-bond acceptors (Lipinski definition) is 5. The Labute approximate surface area is 188 Å². The van der Waals surface area contributed by atoms with Gasteiger partial charge >= 0.3 is 0 Å². The highest BCUT2D eigenvalue weighted by atomic mass is 32.1. The standard InChI is InChI=1S/C24H21N3O4S/c28-23(26-16-7-8-20-21(13-16)31-10-9-30-20)19(27-24(29)22-6-3-11-32-22)12-15-14-25-18-5-2-1-4-17(15)18/h1-8,11,13-14,19,25H,9-10,12H2,(H,26,28)(H,27,29)/t19-/m0/s1. The molecule has 8 heteroatoms. The Morgan fingerprint density at radius 2 is 1.88 bits per heavy atom. The van der Waals surface area contributed by atoms with Gasteiger partial charge in [0.2, 0.25) is 5.91 Å². The lowest BCUT2D eigenvalue weighted by molar-refractivity contribution is -0.118. The molecular formula is C24H21N3O4S. The van der Waals surface area contributed by atoms with E-state index in [1.165, 1.54) is 11.3 Å². The summed E-state index contributed by atoms with van der Waals surface area (Å²) in [7, 11) is 0. The van der Waals surface area contributed by atoms with Gasteiger partial charge in [-0.15, -0.1) is 11.3 Å². The molecule has 0 saturated heterocycles. The number of benzene rings is 2. The summed E-state index contributed by atoms with van der Waals surface area (Å²) >= 11 is 1.33. The fraction of sp³-hybridized carbons (Fsp3) is 0.167. The van der Waals surface area contributed by atoms with E-state index in [0.717, 1.165) is 16.5 Å². The lowest BCUT2D eigenvalue weighted by atomic mass is 10.0. The van der Waals surface area contributed by atoms with E-state index in [1.54, 1.807) is 24.3 Å². The molecule has 0 fully saturated rings. The van der Waals surface area contributed by atoms with Gasteiger partial charge in [-0.1, -0.05) is 24.3 Å². The molecule has 0 bridgehead atoms. The van der Waals surface area contributed by atoms with Gasteiger partial charge in [0.05, 0.1) is 4.88 Å². The van der Waals surface area contributed by atoms with Crippen LogP contribution in [-0.4, -0.2) is 36.1 Å². The quantitative estimate of drug-likeness (QED) is 0.417. The van der Waals surface area contributed by atoms with Crippen LogP contribution in [0.2, 0.25) is 0 Å². The molecule has 3 N–H and O–H groups in total. The van der Waals surface area contributed by atoms with Gasteiger partial charge in [-0.25, -0.2) is 0 Å². The molecule has 1 aliphatic heterocycles. The normalized spacial score (nSPS) is 13.5. The van der Waals surface area contributed by atoms with E-state index in [4.69, 9.17) is 9.47 Å². The molecule has 0 spiro atoms. The Balaban J connectivity index is 1.39. The van der Waals surface area contributed by atoms with Gasteiger partial charge in [-0.05, 0) is 35.2 Å². The molecule has 1 atom stereocenters. The molecule has 0 radical (unpaired) electrons. The van der Waals surface area contributed by atoms with Crippen LogP contribution in [0.4, 0.5) is 5.69 Å². The number of carbonyl (C=O) groups excluding carboxylic acids is 2. The number of H-pyrrole nitrogens is 1. The minimum Gasteiger partial charge on any atom is -0.486 e. The van der Waals surface area contributed by atoms with Crippen molar-refractivity contribution in [3.05, 3.63) is 76.6 Å². The summed E-state index contributed by atoms with van der Waals surface area (Å²) in [5.41, 5.74) is 2.51. The number of thiophene rings is 1. The van der Waals surface area contributed by atoms with Crippen molar-refractivity contribution >= 4 is 39.7 Å². The number of nitrogens with one attached hydrogen (secondary N) is 3. The number of carbonyl (C=O) groups is 2. The minimum absolute atomic E-state index is 0.276. The first-order chi connectivity index (χ1) is 15.7. The number of amides is 2. The minimum atomic E-state index is -0.767. The third-order valence-corrected chi connectivity index (χ3v) is 6.14. The molecule has 1 aliphatic rings. The van der Waals surface area contributed by atoms with Gasteiger partial charge in [0.25, 0.3) is 5.91 Å². The summed E-state index contributed by atoms with van der Waals surface area (Å²) in [6.07, 6.45) is 2.23. The first-order valence-corrected chi connectivity index (χ1v) is 11.2. The van der Waals surface area contributed by atoms with Crippen LogP contribution in [0, 0.1) is 0 Å². The van der Waals surface area contributed by atoms with Crippen LogP contribution in [0.5, 0.6) is 11.5 Å². The van der Waals surface area contributed by atoms with E-state index < -0.39 is 6.04 Å². The maximum atomic E-state index is 13.2. The molecule has 3 heterocycles. The molecule has 32 heavy (non-hydrogen) atoms. The second kappa shape index (κ2) is 8.76. The number of rotatable bonds is 6. The predicted octanol–water partition coefficient (Wildman–Crippen LogP) is 3.98. The molecule has 4 aromatic rings. The number of aromatic nitrogens is 1. The second-order valence-corrected chi connectivity index (χ2v) is 8.36. The Morgan fingerprint density at radius 1 is 1.03 bits per heavy atom. The Morgan fingerprint density at radius 3 is 2.72 bits per heavy atom. The van der Waals surface area contributed by atoms with Gasteiger partial charge < -0.3 is 25.1 Å². The lowest BCUT2D eigenvalue weighted by Gasteiger charge is -2.21. The topological polar surface area (TPSA) is 92.5 Å². The van der Waals surface area contributed by atoms with Crippen molar-refractivity contribution in [2.75, 3.05) is 18.5 Å². The largest absolute Gasteiger partial charge is 0.486 e. The monoisotopic (exact) mass is 447 g/mol. The van der Waals surface area contributed by atoms with Crippen LogP contribution >= 0.6 is 11.3 Å². The SMILES string of the molecule is O=C(N[C@@H](Cc1c[nH]c2ccccc12)C(=O)Nc1ccc2c(c1)OCCO2)c1cccs1. The van der Waals surface area contributed by atoms with E-state index in [1.807, 2.05) is 41.9 Å². The number of anilines is 1. The maximum Gasteiger partial charge on any atom is 0.262 e. The van der Waals surface area contributed by atoms with E-state index in [2.05, 4.69) is 15.6 Å². The fourth-order valence-electron chi connectivity index (χ4n) is 3.72. The summed E-state index contributed by atoms with van der Waals surface area (Å²) < 4.78 is 11.1. The number of hydrogen-bond donors (Lipinski definition) is 3. The molecule has 5 rings (SSSR count). The van der Waals surface area contributed by atoms with Crippen LogP contribution in [0.15, 0.2) is 66.2 Å². The average molecular weight is 448 g/mol. The highest BCUT2D eigenvalue weighted by molar-refractivity contribution is 7.12. The summed E-state index contributed by atoms with van der Waals surface area (Å²) in [6.45, 7) is 0.963. The van der Waals surface area contributed by atoms with E-state index in [-0.39, 0.29) is 11.8 Å². The second-order valence-electron chi connectivity index (χ2n) is 7.41. The first kappa shape index (κ1) is 20.1. The van der Waals surface area contributed by atoms with Crippen LogP contribution < -0.4 is 20.1 Å². The molecule has 2 aromatic heterocycles. The zero-order valence-corrected chi connectivity index (χ0v) is 17.9. The molecule has 0 unspecified atom stereocenters. The first-order valence-electron chi connectivity index (χ1n) is 10.3. The smallest absolute Gasteiger partial charge is 0.262 e. The van der Waals surface area contributed by atoms with Crippen molar-refractivity contribution in [2.45, 2.75) is 12.5 Å². The van der Waals surface area contributed by atoms with Crippen molar-refractivity contribution in [3.8, 4) is 11.5 Å². The van der Waals surface area contributed by atoms with E-state index in [0.29, 0.717) is 41.7 Å². The van der Waals surface area contributed by atoms with Gasteiger partial charge in [-0.2, -0.15) is 0 Å². The van der Waals surface area contributed by atoms with Crippen molar-refractivity contribution in [2.24, 2.45) is 0 Å². The summed E-state index contributed by atoms with van der Waals surface area (Å²) in [5.74, 6) is 0.652. The highest BCUT2D eigenvalue weighted by Crippen LogP contribution is 2.32. The molecular weight excluding hydrogens is 426 g/mol. The molecule has 7 nitrogen and oxygen atoms in total. The van der Waals surface area contributed by atoms with Crippen LogP contribution in [0.25, 0.3) is 10.9 Å². The van der Waals surface area contributed by atoms with Gasteiger partial charge in [0.1, 0.15) is 19.3 Å². The van der Waals surface area contributed by atoms with E-state index >= 15 is 0 Å². The highest BCUT2D eigenvalue weighted by Gasteiger charge is 2.24. The molecule has 0 aliphatic carbocycles. The molecule has 0 saturated carbocycles. The van der Waals surface area contributed by atoms with Crippen molar-refractivity contribution < 1.29 is 19.1 Å². The predicted molar refractivity (Wildman–Crippen MR) is 124 cm³/mol. The number of ether oxygens (including phenoxy) is 2. The summed E-state index contributed by atoms with van der Waals surface area (Å²) in [6, 6.07) is 15.9. The Hall–Kier alpha value is -3.78. The fourth-order valence-corrected chi connectivity index (χ4v) is 4.34. The number of aromatic amines is 1. The Kier molecular flexibility index (Phi) is 5.51. The maximum absolute atomic E-state index is 13.2. The lowest BCUT2D eigenvalue weighted by Crippen LogP contribution is -2.45. The average Bonchev–Trinajstić information content (AvgIpc) is 3.49. The van der Waals surface area contributed by atoms with Crippen LogP contribution in [0.1, 0.15) is 15.2 Å². The zero-order valence-electron chi connectivity index (χ0n) is 17.1. The van der Waals surface area contributed by atoms with E-state index in [9.17, 15) is 9.59 Å². The third kappa shape index (κ3) is 4.17. The van der Waals surface area contributed by atoms with Gasteiger partial charge in [0, 0.05) is 35.3 Å². The number of para-hydroxylation sites is 1. The van der Waals surface area contributed by atoms with Gasteiger partial charge in [0.15, 0.2) is 11.5 Å². The third-order valence-electron chi connectivity index (χ3n) is 5.28. The van der Waals surface area contributed by atoms with Crippen LogP contribution in [-0.2, 0) is 11.2 Å². The Bertz CT molecular complexity index is 1270. The number of fused-ring (bicyclic) bond motifs is 2. The van der Waals surface area contributed by atoms with Crippen molar-refractivity contribution in [1.29, 1.82) is 0 Å². The zero-order chi connectivity index (χ0) is 21.9. The molecule has 2 amide bonds. The summed E-state index contributed by atoms with van der Waals surface area (Å²) in [4.78, 5) is 29.8.